The van der Waals surface area contributed by atoms with Gasteiger partial charge in [-0.1, -0.05) is 31.2 Å². The SMILES string of the molecule is CCS(=O)(=O)c1ccccc1C(=O)NCc1cccc(NC(=O)C2CC2)c1. The molecule has 0 unspecified atom stereocenters. The van der Waals surface area contributed by atoms with Crippen molar-refractivity contribution >= 4 is 27.3 Å². The van der Waals surface area contributed by atoms with Crippen molar-refractivity contribution in [2.75, 3.05) is 11.1 Å². The van der Waals surface area contributed by atoms with Gasteiger partial charge in [0.15, 0.2) is 9.84 Å². The van der Waals surface area contributed by atoms with Crippen LogP contribution in [-0.2, 0) is 21.2 Å². The molecule has 0 heterocycles. The molecule has 0 atom stereocenters. The van der Waals surface area contributed by atoms with Crippen LogP contribution in [0, 0.1) is 5.92 Å². The van der Waals surface area contributed by atoms with E-state index in [-0.39, 0.29) is 34.6 Å². The molecule has 0 bridgehead atoms. The maximum Gasteiger partial charge on any atom is 0.252 e. The Morgan fingerprint density at radius 1 is 1.07 bits per heavy atom. The van der Waals surface area contributed by atoms with E-state index >= 15 is 0 Å². The van der Waals surface area contributed by atoms with E-state index in [4.69, 9.17) is 0 Å². The predicted molar refractivity (Wildman–Crippen MR) is 103 cm³/mol. The van der Waals surface area contributed by atoms with Crippen LogP contribution in [0.2, 0.25) is 0 Å². The van der Waals surface area contributed by atoms with Crippen molar-refractivity contribution in [2.24, 2.45) is 5.92 Å². The van der Waals surface area contributed by atoms with Crippen molar-refractivity contribution in [1.29, 1.82) is 0 Å². The molecule has 2 amide bonds. The van der Waals surface area contributed by atoms with Crippen LogP contribution in [0.15, 0.2) is 53.4 Å². The van der Waals surface area contributed by atoms with E-state index in [1.54, 1.807) is 37.3 Å². The minimum atomic E-state index is -3.49. The monoisotopic (exact) mass is 386 g/mol. The van der Waals surface area contributed by atoms with E-state index < -0.39 is 15.7 Å². The highest BCUT2D eigenvalue weighted by atomic mass is 32.2. The molecule has 1 aliphatic carbocycles. The summed E-state index contributed by atoms with van der Waals surface area (Å²) in [7, 11) is -3.49. The predicted octanol–water partition coefficient (Wildman–Crippen LogP) is 2.76. The van der Waals surface area contributed by atoms with Crippen LogP contribution < -0.4 is 10.6 Å². The molecule has 7 heteroatoms. The lowest BCUT2D eigenvalue weighted by molar-refractivity contribution is -0.117. The van der Waals surface area contributed by atoms with Crippen molar-refractivity contribution in [3.8, 4) is 0 Å². The van der Waals surface area contributed by atoms with Crippen LogP contribution in [0.1, 0.15) is 35.7 Å². The van der Waals surface area contributed by atoms with E-state index in [2.05, 4.69) is 10.6 Å². The van der Waals surface area contributed by atoms with Gasteiger partial charge >= 0.3 is 0 Å². The maximum atomic E-state index is 12.5. The van der Waals surface area contributed by atoms with Gasteiger partial charge in [-0.25, -0.2) is 8.42 Å². The van der Waals surface area contributed by atoms with E-state index in [0.29, 0.717) is 5.69 Å². The average molecular weight is 386 g/mol. The first-order chi connectivity index (χ1) is 12.9. The highest BCUT2D eigenvalue weighted by Crippen LogP contribution is 2.30. The molecular formula is C20H22N2O4S. The van der Waals surface area contributed by atoms with Crippen LogP contribution in [0.3, 0.4) is 0 Å². The number of hydrogen-bond acceptors (Lipinski definition) is 4. The summed E-state index contributed by atoms with van der Waals surface area (Å²) in [6.45, 7) is 1.78. The summed E-state index contributed by atoms with van der Waals surface area (Å²) in [6, 6.07) is 13.4. The van der Waals surface area contributed by atoms with Crippen molar-refractivity contribution in [3.63, 3.8) is 0 Å². The summed E-state index contributed by atoms with van der Waals surface area (Å²) in [4.78, 5) is 24.4. The molecule has 6 nitrogen and oxygen atoms in total. The first kappa shape index (κ1) is 19.1. The third kappa shape index (κ3) is 4.74. The molecule has 27 heavy (non-hydrogen) atoms. The topological polar surface area (TPSA) is 92.3 Å². The highest BCUT2D eigenvalue weighted by molar-refractivity contribution is 7.91. The van der Waals surface area contributed by atoms with Crippen molar-refractivity contribution in [1.82, 2.24) is 5.32 Å². The fourth-order valence-electron chi connectivity index (χ4n) is 2.71. The van der Waals surface area contributed by atoms with Crippen LogP contribution in [0.25, 0.3) is 0 Å². The molecule has 0 radical (unpaired) electrons. The van der Waals surface area contributed by atoms with E-state index in [1.807, 2.05) is 6.07 Å². The molecule has 3 rings (SSSR count). The number of nitrogens with one attached hydrogen (secondary N) is 2. The molecule has 2 aromatic carbocycles. The Hall–Kier alpha value is -2.67. The summed E-state index contributed by atoms with van der Waals surface area (Å²) in [6.07, 6.45) is 1.86. The Morgan fingerprint density at radius 2 is 1.81 bits per heavy atom. The van der Waals surface area contributed by atoms with Crippen LogP contribution in [-0.4, -0.2) is 26.0 Å². The molecule has 0 aliphatic heterocycles. The molecule has 1 aliphatic rings. The van der Waals surface area contributed by atoms with Gasteiger partial charge in [0.1, 0.15) is 0 Å². The lowest BCUT2D eigenvalue weighted by Gasteiger charge is -2.11. The van der Waals surface area contributed by atoms with Gasteiger partial charge in [-0.2, -0.15) is 0 Å². The number of benzene rings is 2. The van der Waals surface area contributed by atoms with Crippen LogP contribution >= 0.6 is 0 Å². The van der Waals surface area contributed by atoms with Crippen molar-refractivity contribution < 1.29 is 18.0 Å². The van der Waals surface area contributed by atoms with Crippen LogP contribution in [0.4, 0.5) is 5.69 Å². The normalized spacial score (nSPS) is 13.8. The number of carbonyl (C=O) groups excluding carboxylic acids is 2. The van der Waals surface area contributed by atoms with Crippen LogP contribution in [0.5, 0.6) is 0 Å². The molecule has 0 saturated heterocycles. The third-order valence-electron chi connectivity index (χ3n) is 4.44. The van der Waals surface area contributed by atoms with E-state index in [1.165, 1.54) is 12.1 Å². The summed E-state index contributed by atoms with van der Waals surface area (Å²) in [5.74, 6) is -0.379. The quantitative estimate of drug-likeness (QED) is 0.765. The molecule has 1 saturated carbocycles. The molecule has 1 fully saturated rings. The second kappa shape index (κ2) is 7.92. The lowest BCUT2D eigenvalue weighted by Crippen LogP contribution is -2.25. The molecule has 2 N–H and O–H groups in total. The van der Waals surface area contributed by atoms with Gasteiger partial charge in [0.2, 0.25) is 5.91 Å². The number of hydrogen-bond donors (Lipinski definition) is 2. The maximum absolute atomic E-state index is 12.5. The van der Waals surface area contributed by atoms with Gasteiger partial charge in [0, 0.05) is 18.2 Å². The second-order valence-corrected chi connectivity index (χ2v) is 8.79. The molecule has 0 spiro atoms. The third-order valence-corrected chi connectivity index (χ3v) is 6.23. The number of amides is 2. The Kier molecular flexibility index (Phi) is 5.60. The lowest BCUT2D eigenvalue weighted by atomic mass is 10.1. The van der Waals surface area contributed by atoms with Gasteiger partial charge in [-0.15, -0.1) is 0 Å². The summed E-state index contributed by atoms with van der Waals surface area (Å²) in [5, 5.41) is 5.62. The molecule has 142 valence electrons. The summed E-state index contributed by atoms with van der Waals surface area (Å²) in [5.41, 5.74) is 1.64. The fraction of sp³-hybridized carbons (Fsp3) is 0.300. The first-order valence-electron chi connectivity index (χ1n) is 8.90. The van der Waals surface area contributed by atoms with Crippen molar-refractivity contribution in [2.45, 2.75) is 31.2 Å². The molecule has 2 aromatic rings. The highest BCUT2D eigenvalue weighted by Gasteiger charge is 2.29. The Balaban J connectivity index is 1.69. The molecular weight excluding hydrogens is 364 g/mol. The second-order valence-electron chi connectivity index (χ2n) is 6.55. The number of carbonyl (C=O) groups is 2. The average Bonchev–Trinajstić information content (AvgIpc) is 3.52. The van der Waals surface area contributed by atoms with E-state index in [0.717, 1.165) is 18.4 Å². The molecule has 0 aromatic heterocycles. The first-order valence-corrected chi connectivity index (χ1v) is 10.6. The summed E-state index contributed by atoms with van der Waals surface area (Å²) < 4.78 is 24.4. The van der Waals surface area contributed by atoms with Gasteiger partial charge in [0.05, 0.1) is 16.2 Å². The Bertz CT molecular complexity index is 965. The zero-order valence-electron chi connectivity index (χ0n) is 15.1. The van der Waals surface area contributed by atoms with Gasteiger partial charge in [0.25, 0.3) is 5.91 Å². The number of sulfone groups is 1. The smallest absolute Gasteiger partial charge is 0.252 e. The van der Waals surface area contributed by atoms with Gasteiger partial charge in [-0.3, -0.25) is 9.59 Å². The zero-order chi connectivity index (χ0) is 19.4. The van der Waals surface area contributed by atoms with Crippen molar-refractivity contribution in [3.05, 3.63) is 59.7 Å². The van der Waals surface area contributed by atoms with Gasteiger partial charge in [-0.05, 0) is 42.7 Å². The summed E-state index contributed by atoms with van der Waals surface area (Å²) >= 11 is 0. The Morgan fingerprint density at radius 3 is 2.52 bits per heavy atom. The van der Waals surface area contributed by atoms with Gasteiger partial charge < -0.3 is 10.6 Å². The number of rotatable bonds is 7. The largest absolute Gasteiger partial charge is 0.348 e. The standard InChI is InChI=1S/C20H22N2O4S/c1-2-27(25,26)18-9-4-3-8-17(18)20(24)21-13-14-6-5-7-16(12-14)22-19(23)15-10-11-15/h3-9,12,15H,2,10-11,13H2,1H3,(H,21,24)(H,22,23). The minimum Gasteiger partial charge on any atom is -0.348 e. The Labute approximate surface area is 158 Å². The zero-order valence-corrected chi connectivity index (χ0v) is 15.9. The number of anilines is 1. The van der Waals surface area contributed by atoms with E-state index in [9.17, 15) is 18.0 Å². The fourth-order valence-corrected chi connectivity index (χ4v) is 3.80. The minimum absolute atomic E-state index is 0.0230.